The molecule has 110 valence electrons. The number of aliphatic hydroxyl groups excluding tert-OH is 1. The molecule has 0 saturated heterocycles. The molecule has 0 aromatic heterocycles. The van der Waals surface area contributed by atoms with Gasteiger partial charge in [-0.25, -0.2) is 0 Å². The summed E-state index contributed by atoms with van der Waals surface area (Å²) in [6.07, 6.45) is 0.768. The van der Waals surface area contributed by atoms with E-state index in [0.29, 0.717) is 18.7 Å². The smallest absolute Gasteiger partial charge is 0.251 e. The Bertz CT molecular complexity index is 594. The predicted molar refractivity (Wildman–Crippen MR) is 82.7 cm³/mol. The first-order chi connectivity index (χ1) is 10.2. The Morgan fingerprint density at radius 3 is 2.43 bits per heavy atom. The summed E-state index contributed by atoms with van der Waals surface area (Å²) >= 11 is 0. The quantitative estimate of drug-likeness (QED) is 0.754. The summed E-state index contributed by atoms with van der Waals surface area (Å²) in [5, 5.41) is 11.9. The number of nitrogens with one attached hydrogen (secondary N) is 1. The normalized spacial score (nSPS) is 10.4. The van der Waals surface area contributed by atoms with E-state index in [-0.39, 0.29) is 12.5 Å². The van der Waals surface area contributed by atoms with Crippen LogP contribution in [0.4, 0.5) is 0 Å². The zero-order chi connectivity index (χ0) is 15.1. The van der Waals surface area contributed by atoms with Gasteiger partial charge in [0, 0.05) is 12.1 Å². The van der Waals surface area contributed by atoms with Crippen LogP contribution in [-0.4, -0.2) is 17.6 Å². The molecule has 4 nitrogen and oxygen atoms in total. The first-order valence-corrected chi connectivity index (χ1v) is 6.99. The number of rotatable bonds is 6. The zero-order valence-electron chi connectivity index (χ0n) is 11.9. The molecular weight excluding hydrogens is 264 g/mol. The second kappa shape index (κ2) is 7.57. The maximum absolute atomic E-state index is 12.1. The maximum Gasteiger partial charge on any atom is 0.251 e. The number of carbonyl (C=O) groups is 1. The lowest BCUT2D eigenvalue weighted by Crippen LogP contribution is -2.23. The first-order valence-electron chi connectivity index (χ1n) is 6.99. The van der Waals surface area contributed by atoms with Crippen LogP contribution in [-0.2, 0) is 19.6 Å². The van der Waals surface area contributed by atoms with Crippen molar-refractivity contribution in [3.8, 4) is 0 Å². The summed E-state index contributed by atoms with van der Waals surface area (Å²) in [6, 6.07) is 15.0. The molecule has 0 heterocycles. The molecule has 0 aliphatic carbocycles. The molecular formula is C17H20N2O2. The fourth-order valence-corrected chi connectivity index (χ4v) is 2.08. The number of benzene rings is 2. The van der Waals surface area contributed by atoms with Crippen molar-refractivity contribution < 1.29 is 9.90 Å². The SMILES string of the molecule is NCCc1cccc(C(=O)NCc2ccc(CO)cc2)c1. The fraction of sp³-hybridized carbons (Fsp3) is 0.235. The van der Waals surface area contributed by atoms with Crippen molar-refractivity contribution in [2.75, 3.05) is 6.54 Å². The van der Waals surface area contributed by atoms with Gasteiger partial charge in [0.25, 0.3) is 5.91 Å². The Morgan fingerprint density at radius 2 is 1.76 bits per heavy atom. The molecule has 0 saturated carbocycles. The summed E-state index contributed by atoms with van der Waals surface area (Å²) in [6.45, 7) is 1.06. The molecule has 2 aromatic carbocycles. The van der Waals surface area contributed by atoms with E-state index in [2.05, 4.69) is 5.32 Å². The van der Waals surface area contributed by atoms with E-state index in [1.807, 2.05) is 42.5 Å². The van der Waals surface area contributed by atoms with Crippen LogP contribution in [0.15, 0.2) is 48.5 Å². The number of hydrogen-bond donors (Lipinski definition) is 3. The number of hydrogen-bond acceptors (Lipinski definition) is 3. The molecule has 0 unspecified atom stereocenters. The average molecular weight is 284 g/mol. The lowest BCUT2D eigenvalue weighted by Gasteiger charge is -2.07. The minimum absolute atomic E-state index is 0.0283. The van der Waals surface area contributed by atoms with Gasteiger partial charge in [-0.1, -0.05) is 36.4 Å². The molecule has 21 heavy (non-hydrogen) atoms. The average Bonchev–Trinajstić information content (AvgIpc) is 2.53. The van der Waals surface area contributed by atoms with Gasteiger partial charge in [0.1, 0.15) is 0 Å². The Kier molecular flexibility index (Phi) is 5.49. The fourth-order valence-electron chi connectivity index (χ4n) is 2.08. The van der Waals surface area contributed by atoms with Crippen LogP contribution in [0.1, 0.15) is 27.0 Å². The zero-order valence-corrected chi connectivity index (χ0v) is 11.9. The molecule has 0 spiro atoms. The van der Waals surface area contributed by atoms with Crippen molar-refractivity contribution in [2.45, 2.75) is 19.6 Å². The van der Waals surface area contributed by atoms with E-state index in [0.717, 1.165) is 23.1 Å². The van der Waals surface area contributed by atoms with Gasteiger partial charge in [-0.3, -0.25) is 4.79 Å². The monoisotopic (exact) mass is 284 g/mol. The van der Waals surface area contributed by atoms with Gasteiger partial charge in [0.15, 0.2) is 0 Å². The van der Waals surface area contributed by atoms with Gasteiger partial charge in [0.2, 0.25) is 0 Å². The molecule has 0 bridgehead atoms. The van der Waals surface area contributed by atoms with Crippen molar-refractivity contribution in [1.29, 1.82) is 0 Å². The van der Waals surface area contributed by atoms with Crippen molar-refractivity contribution in [1.82, 2.24) is 5.32 Å². The molecule has 0 atom stereocenters. The van der Waals surface area contributed by atoms with Crippen LogP contribution in [0.2, 0.25) is 0 Å². The molecule has 2 aromatic rings. The molecule has 0 aliphatic heterocycles. The number of amides is 1. The Balaban J connectivity index is 1.95. The highest BCUT2D eigenvalue weighted by Gasteiger charge is 2.06. The summed E-state index contributed by atoms with van der Waals surface area (Å²) in [4.78, 5) is 12.1. The van der Waals surface area contributed by atoms with Crippen molar-refractivity contribution in [3.63, 3.8) is 0 Å². The van der Waals surface area contributed by atoms with Gasteiger partial charge in [-0.05, 0) is 41.8 Å². The van der Waals surface area contributed by atoms with Gasteiger partial charge < -0.3 is 16.2 Å². The van der Waals surface area contributed by atoms with E-state index in [9.17, 15) is 4.79 Å². The van der Waals surface area contributed by atoms with Crippen LogP contribution >= 0.6 is 0 Å². The molecule has 4 heteroatoms. The van der Waals surface area contributed by atoms with Gasteiger partial charge in [-0.15, -0.1) is 0 Å². The van der Waals surface area contributed by atoms with E-state index >= 15 is 0 Å². The van der Waals surface area contributed by atoms with Gasteiger partial charge in [0.05, 0.1) is 6.61 Å². The van der Waals surface area contributed by atoms with Crippen molar-refractivity contribution in [3.05, 3.63) is 70.8 Å². The van der Waals surface area contributed by atoms with E-state index in [4.69, 9.17) is 10.8 Å². The number of carbonyl (C=O) groups excluding carboxylic acids is 1. The highest BCUT2D eigenvalue weighted by atomic mass is 16.3. The van der Waals surface area contributed by atoms with Gasteiger partial charge in [-0.2, -0.15) is 0 Å². The third kappa shape index (κ3) is 4.41. The van der Waals surface area contributed by atoms with Crippen LogP contribution in [0.5, 0.6) is 0 Å². The van der Waals surface area contributed by atoms with E-state index < -0.39 is 0 Å². The van der Waals surface area contributed by atoms with Gasteiger partial charge >= 0.3 is 0 Å². The molecule has 0 fully saturated rings. The Hall–Kier alpha value is -2.17. The third-order valence-electron chi connectivity index (χ3n) is 3.28. The number of aliphatic hydroxyl groups is 1. The topological polar surface area (TPSA) is 75.4 Å². The highest BCUT2D eigenvalue weighted by Crippen LogP contribution is 2.07. The van der Waals surface area contributed by atoms with E-state index in [1.165, 1.54) is 0 Å². The van der Waals surface area contributed by atoms with Crippen LogP contribution in [0.25, 0.3) is 0 Å². The second-order valence-electron chi connectivity index (χ2n) is 4.90. The van der Waals surface area contributed by atoms with Crippen molar-refractivity contribution in [2.24, 2.45) is 5.73 Å². The van der Waals surface area contributed by atoms with Crippen LogP contribution in [0.3, 0.4) is 0 Å². The first kappa shape index (κ1) is 15.2. The van der Waals surface area contributed by atoms with E-state index in [1.54, 1.807) is 6.07 Å². The molecule has 4 N–H and O–H groups in total. The maximum atomic E-state index is 12.1. The Morgan fingerprint density at radius 1 is 1.05 bits per heavy atom. The number of nitrogens with two attached hydrogens (primary N) is 1. The lowest BCUT2D eigenvalue weighted by molar-refractivity contribution is 0.0951. The minimum Gasteiger partial charge on any atom is -0.392 e. The lowest BCUT2D eigenvalue weighted by atomic mass is 10.1. The predicted octanol–water partition coefficient (Wildman–Crippen LogP) is 1.61. The van der Waals surface area contributed by atoms with Crippen LogP contribution < -0.4 is 11.1 Å². The van der Waals surface area contributed by atoms with Crippen molar-refractivity contribution >= 4 is 5.91 Å². The summed E-state index contributed by atoms with van der Waals surface area (Å²) in [7, 11) is 0. The Labute approximate surface area is 124 Å². The summed E-state index contributed by atoms with van der Waals surface area (Å²) in [5.74, 6) is -0.0971. The third-order valence-corrected chi connectivity index (χ3v) is 3.28. The standard InChI is InChI=1S/C17H20N2O2/c18-9-8-13-2-1-3-16(10-13)17(21)19-11-14-4-6-15(12-20)7-5-14/h1-7,10,20H,8-9,11-12,18H2,(H,19,21). The molecule has 2 rings (SSSR count). The minimum atomic E-state index is -0.0971. The highest BCUT2D eigenvalue weighted by molar-refractivity contribution is 5.94. The second-order valence-corrected chi connectivity index (χ2v) is 4.90. The van der Waals surface area contributed by atoms with Crippen LogP contribution in [0, 0.1) is 0 Å². The summed E-state index contributed by atoms with van der Waals surface area (Å²) < 4.78 is 0. The molecule has 0 radical (unpaired) electrons. The largest absolute Gasteiger partial charge is 0.392 e. The summed E-state index contributed by atoms with van der Waals surface area (Å²) in [5.41, 5.74) is 9.10. The molecule has 0 aliphatic rings. The molecule has 1 amide bonds.